The van der Waals surface area contributed by atoms with Crippen molar-refractivity contribution < 1.29 is 18.7 Å². The maximum absolute atomic E-state index is 14.4. The van der Waals surface area contributed by atoms with E-state index in [9.17, 15) is 9.50 Å². The van der Waals surface area contributed by atoms with Crippen LogP contribution in [0.2, 0.25) is 0 Å². The van der Waals surface area contributed by atoms with E-state index in [1.165, 1.54) is 0 Å². The van der Waals surface area contributed by atoms with Gasteiger partial charge in [-0.2, -0.15) is 0 Å². The lowest BCUT2D eigenvalue weighted by Crippen LogP contribution is -2.35. The van der Waals surface area contributed by atoms with Crippen LogP contribution < -0.4 is 10.1 Å². The molecule has 3 atom stereocenters. The fourth-order valence-electron chi connectivity index (χ4n) is 3.88. The summed E-state index contributed by atoms with van der Waals surface area (Å²) in [6.07, 6.45) is 2.95. The van der Waals surface area contributed by atoms with Crippen molar-refractivity contribution in [2.45, 2.75) is 50.9 Å². The highest BCUT2D eigenvalue weighted by Crippen LogP contribution is 2.33. The first-order chi connectivity index (χ1) is 14.5. The first-order valence-electron chi connectivity index (χ1n) is 10.2. The van der Waals surface area contributed by atoms with Crippen molar-refractivity contribution in [3.8, 4) is 34.0 Å². The van der Waals surface area contributed by atoms with E-state index in [0.717, 1.165) is 29.7 Å². The van der Waals surface area contributed by atoms with Gasteiger partial charge < -0.3 is 19.6 Å². The third kappa shape index (κ3) is 4.46. The van der Waals surface area contributed by atoms with Gasteiger partial charge in [0.15, 0.2) is 0 Å². The minimum Gasteiger partial charge on any atom is -0.507 e. The molecule has 158 valence electrons. The van der Waals surface area contributed by atoms with Gasteiger partial charge in [-0.15, -0.1) is 10.2 Å². The number of ether oxygens (including phenoxy) is 1. The molecule has 1 aliphatic carbocycles. The van der Waals surface area contributed by atoms with Crippen molar-refractivity contribution in [2.75, 3.05) is 7.05 Å². The second kappa shape index (κ2) is 8.83. The standard InChI is InChI=1S/C23H26FN3O3/c1-14-10-16(13-29-14)15-6-7-18(21(28)11-15)20-8-9-23(27-26-20)30-22-12-17(25-2)4-3-5-19(22)24/h6-11,13,17,19,22,25,28H,3-5,12H2,1-2H3/t17?,19-,22+/m1/s1. The van der Waals surface area contributed by atoms with Gasteiger partial charge >= 0.3 is 0 Å². The molecule has 6 nitrogen and oxygen atoms in total. The number of nitrogens with zero attached hydrogens (tertiary/aromatic N) is 2. The summed E-state index contributed by atoms with van der Waals surface area (Å²) in [7, 11) is 1.89. The Bertz CT molecular complexity index is 990. The number of nitrogens with one attached hydrogen (secondary N) is 1. The molecule has 2 N–H and O–H groups in total. The Hall–Kier alpha value is -2.93. The average Bonchev–Trinajstić information content (AvgIpc) is 3.10. The van der Waals surface area contributed by atoms with Crippen molar-refractivity contribution in [1.82, 2.24) is 15.5 Å². The zero-order chi connectivity index (χ0) is 21.1. The summed E-state index contributed by atoms with van der Waals surface area (Å²) in [5, 5.41) is 22.0. The molecule has 0 aliphatic heterocycles. The van der Waals surface area contributed by atoms with Crippen LogP contribution in [0.25, 0.3) is 22.4 Å². The van der Waals surface area contributed by atoms with E-state index in [2.05, 4.69) is 15.5 Å². The summed E-state index contributed by atoms with van der Waals surface area (Å²) >= 11 is 0. The summed E-state index contributed by atoms with van der Waals surface area (Å²) in [5.41, 5.74) is 2.82. The highest BCUT2D eigenvalue weighted by Gasteiger charge is 2.29. The van der Waals surface area contributed by atoms with Crippen LogP contribution in [0.3, 0.4) is 0 Å². The van der Waals surface area contributed by atoms with Crippen LogP contribution in [0.1, 0.15) is 31.4 Å². The van der Waals surface area contributed by atoms with Crippen LogP contribution in [-0.2, 0) is 0 Å². The molecule has 1 aromatic carbocycles. The number of aryl methyl sites for hydroxylation is 1. The molecule has 7 heteroatoms. The Morgan fingerprint density at radius 3 is 2.67 bits per heavy atom. The normalized spacial score (nSPS) is 21.9. The fourth-order valence-corrected chi connectivity index (χ4v) is 3.88. The number of furan rings is 1. The van der Waals surface area contributed by atoms with Gasteiger partial charge in [0, 0.05) is 29.7 Å². The Balaban J connectivity index is 1.49. The zero-order valence-corrected chi connectivity index (χ0v) is 17.1. The largest absolute Gasteiger partial charge is 0.507 e. The van der Waals surface area contributed by atoms with Gasteiger partial charge in [-0.3, -0.25) is 0 Å². The third-order valence-corrected chi connectivity index (χ3v) is 5.61. The lowest BCUT2D eigenvalue weighted by Gasteiger charge is -2.22. The number of rotatable bonds is 5. The summed E-state index contributed by atoms with van der Waals surface area (Å²) in [6.45, 7) is 1.87. The molecule has 1 aliphatic rings. The van der Waals surface area contributed by atoms with E-state index >= 15 is 0 Å². The summed E-state index contributed by atoms with van der Waals surface area (Å²) in [4.78, 5) is 0. The summed E-state index contributed by atoms with van der Waals surface area (Å²) in [5.74, 6) is 1.19. The molecule has 1 saturated carbocycles. The fraction of sp³-hybridized carbons (Fsp3) is 0.391. The van der Waals surface area contributed by atoms with E-state index in [1.807, 2.05) is 26.1 Å². The number of hydrogen-bond acceptors (Lipinski definition) is 6. The maximum Gasteiger partial charge on any atom is 0.233 e. The van der Waals surface area contributed by atoms with Gasteiger partial charge in [0.05, 0.1) is 12.0 Å². The van der Waals surface area contributed by atoms with E-state index in [1.54, 1.807) is 30.5 Å². The van der Waals surface area contributed by atoms with Gasteiger partial charge in [0.2, 0.25) is 5.88 Å². The van der Waals surface area contributed by atoms with Gasteiger partial charge in [-0.25, -0.2) is 4.39 Å². The Labute approximate surface area is 175 Å². The highest BCUT2D eigenvalue weighted by atomic mass is 19.1. The minimum atomic E-state index is -1.02. The van der Waals surface area contributed by atoms with Crippen molar-refractivity contribution in [1.29, 1.82) is 0 Å². The molecule has 0 radical (unpaired) electrons. The van der Waals surface area contributed by atoms with Gasteiger partial charge in [-0.1, -0.05) is 6.07 Å². The topological polar surface area (TPSA) is 80.4 Å². The van der Waals surface area contributed by atoms with E-state index in [0.29, 0.717) is 24.1 Å². The number of aromatic nitrogens is 2. The maximum atomic E-state index is 14.4. The molecular weight excluding hydrogens is 385 g/mol. The molecule has 2 aromatic heterocycles. The Kier molecular flexibility index (Phi) is 5.99. The summed E-state index contributed by atoms with van der Waals surface area (Å²) < 4.78 is 25.6. The number of benzene rings is 1. The van der Waals surface area contributed by atoms with Crippen molar-refractivity contribution in [3.05, 3.63) is 48.4 Å². The quantitative estimate of drug-likeness (QED) is 0.594. The number of phenolic OH excluding ortho intramolecular Hbond substituents is 1. The predicted octanol–water partition coefficient (Wildman–Crippen LogP) is 4.67. The number of hydrogen-bond donors (Lipinski definition) is 2. The third-order valence-electron chi connectivity index (χ3n) is 5.61. The molecule has 30 heavy (non-hydrogen) atoms. The zero-order valence-electron chi connectivity index (χ0n) is 17.1. The molecule has 0 spiro atoms. The first-order valence-corrected chi connectivity index (χ1v) is 10.2. The highest BCUT2D eigenvalue weighted by molar-refractivity contribution is 5.74. The van der Waals surface area contributed by atoms with Crippen LogP contribution >= 0.6 is 0 Å². The number of phenols is 1. The SMILES string of the molecule is CNC1CCC[C@@H](F)[C@@H](Oc2ccc(-c3ccc(-c4coc(C)c4)cc3O)nn2)C1. The van der Waals surface area contributed by atoms with Crippen LogP contribution in [-0.4, -0.2) is 40.7 Å². The van der Waals surface area contributed by atoms with Crippen LogP contribution in [0.4, 0.5) is 4.39 Å². The molecule has 0 amide bonds. The lowest BCUT2D eigenvalue weighted by molar-refractivity contribution is 0.0837. The van der Waals surface area contributed by atoms with Crippen LogP contribution in [0.15, 0.2) is 47.1 Å². The molecule has 0 bridgehead atoms. The lowest BCUT2D eigenvalue weighted by atomic mass is 10.0. The van der Waals surface area contributed by atoms with E-state index < -0.39 is 12.3 Å². The van der Waals surface area contributed by atoms with Crippen molar-refractivity contribution in [3.63, 3.8) is 0 Å². The predicted molar refractivity (Wildman–Crippen MR) is 112 cm³/mol. The molecule has 2 heterocycles. The van der Waals surface area contributed by atoms with Crippen LogP contribution in [0.5, 0.6) is 11.6 Å². The molecular formula is C23H26FN3O3. The van der Waals surface area contributed by atoms with Crippen molar-refractivity contribution in [2.24, 2.45) is 0 Å². The van der Waals surface area contributed by atoms with Gasteiger partial charge in [0.1, 0.15) is 23.8 Å². The number of halogens is 1. The molecule has 1 fully saturated rings. The van der Waals surface area contributed by atoms with Gasteiger partial charge in [-0.05, 0) is 63.1 Å². The number of alkyl halides is 1. The minimum absolute atomic E-state index is 0.0961. The van der Waals surface area contributed by atoms with Crippen LogP contribution in [0, 0.1) is 6.92 Å². The van der Waals surface area contributed by atoms with Crippen molar-refractivity contribution >= 4 is 0 Å². The van der Waals surface area contributed by atoms with Gasteiger partial charge in [0.25, 0.3) is 0 Å². The molecule has 0 saturated heterocycles. The average molecular weight is 411 g/mol. The van der Waals surface area contributed by atoms with E-state index in [4.69, 9.17) is 9.15 Å². The number of aromatic hydroxyl groups is 1. The molecule has 4 rings (SSSR count). The second-order valence-corrected chi connectivity index (χ2v) is 7.76. The second-order valence-electron chi connectivity index (χ2n) is 7.76. The smallest absolute Gasteiger partial charge is 0.233 e. The first kappa shape index (κ1) is 20.3. The monoisotopic (exact) mass is 411 g/mol. The van der Waals surface area contributed by atoms with E-state index in [-0.39, 0.29) is 17.7 Å². The molecule has 3 aromatic rings. The molecule has 1 unspecified atom stereocenters. The Morgan fingerprint density at radius 2 is 2.00 bits per heavy atom. The summed E-state index contributed by atoms with van der Waals surface area (Å²) in [6, 6.07) is 10.9. The Morgan fingerprint density at radius 1 is 1.13 bits per heavy atom.